The average Bonchev–Trinajstić information content (AvgIpc) is 2.72. The molecule has 1 aliphatic rings. The minimum Gasteiger partial charge on any atom is -0.379 e. The van der Waals surface area contributed by atoms with Gasteiger partial charge in [-0.05, 0) is 55.3 Å². The number of benzene rings is 2. The SMILES string of the molecule is O=P(O)(O)CCCNCc1cc(F)c(SCCCCC2(c3ccccc3F)COC2)cc1F. The van der Waals surface area contributed by atoms with Crippen LogP contribution in [0.3, 0.4) is 0 Å². The third-order valence-electron chi connectivity index (χ3n) is 5.73. The maximum atomic E-state index is 14.4. The average molecular weight is 504 g/mol. The van der Waals surface area contributed by atoms with E-state index in [1.165, 1.54) is 23.9 Å². The van der Waals surface area contributed by atoms with E-state index in [4.69, 9.17) is 14.5 Å². The number of nitrogens with one attached hydrogen (secondary N) is 1. The van der Waals surface area contributed by atoms with Crippen LogP contribution < -0.4 is 5.32 Å². The Morgan fingerprint density at radius 1 is 1.03 bits per heavy atom. The smallest absolute Gasteiger partial charge is 0.325 e. The van der Waals surface area contributed by atoms with Gasteiger partial charge in [0, 0.05) is 22.4 Å². The highest BCUT2D eigenvalue weighted by Gasteiger charge is 2.41. The van der Waals surface area contributed by atoms with Crippen LogP contribution >= 0.6 is 19.4 Å². The highest BCUT2D eigenvalue weighted by molar-refractivity contribution is 7.99. The zero-order chi connectivity index (χ0) is 23.9. The van der Waals surface area contributed by atoms with Gasteiger partial charge in [-0.1, -0.05) is 24.6 Å². The van der Waals surface area contributed by atoms with Crippen molar-refractivity contribution in [1.29, 1.82) is 0 Å². The predicted octanol–water partition coefficient (Wildman–Crippen LogP) is 4.99. The van der Waals surface area contributed by atoms with Crippen molar-refractivity contribution in [1.82, 2.24) is 5.32 Å². The topological polar surface area (TPSA) is 78.8 Å². The molecule has 182 valence electrons. The molecule has 1 saturated heterocycles. The molecule has 1 fully saturated rings. The lowest BCUT2D eigenvalue weighted by atomic mass is 9.74. The predicted molar refractivity (Wildman–Crippen MR) is 123 cm³/mol. The normalized spacial score (nSPS) is 15.4. The maximum Gasteiger partial charge on any atom is 0.325 e. The van der Waals surface area contributed by atoms with Crippen molar-refractivity contribution in [3.8, 4) is 0 Å². The number of hydrogen-bond acceptors (Lipinski definition) is 4. The van der Waals surface area contributed by atoms with Crippen LogP contribution in [-0.4, -0.2) is 41.5 Å². The Morgan fingerprint density at radius 3 is 2.45 bits per heavy atom. The summed E-state index contributed by atoms with van der Waals surface area (Å²) in [6, 6.07) is 9.11. The summed E-state index contributed by atoms with van der Waals surface area (Å²) in [6.45, 7) is 1.36. The standard InChI is InChI=1S/C23H29F3NO4PS/c24-19-7-2-1-6-18(19)23(15-31-16-23)8-3-4-11-33-22-13-20(25)17(12-21(22)26)14-27-9-5-10-32(28,29)30/h1-2,6-7,12-13,27H,3-5,8-11,14-16H2,(H2,28,29,30). The van der Waals surface area contributed by atoms with Gasteiger partial charge in [0.25, 0.3) is 0 Å². The molecule has 0 aliphatic carbocycles. The number of rotatable bonds is 13. The monoisotopic (exact) mass is 503 g/mol. The molecule has 10 heteroatoms. The first-order valence-electron chi connectivity index (χ1n) is 10.9. The molecule has 3 rings (SSSR count). The molecule has 3 N–H and O–H groups in total. The Labute approximate surface area is 196 Å². The van der Waals surface area contributed by atoms with Crippen LogP contribution in [0, 0.1) is 17.5 Å². The molecular weight excluding hydrogens is 474 g/mol. The Hall–Kier alpha value is -1.35. The third kappa shape index (κ3) is 7.57. The van der Waals surface area contributed by atoms with E-state index in [0.29, 0.717) is 31.1 Å². The molecule has 33 heavy (non-hydrogen) atoms. The Morgan fingerprint density at radius 2 is 1.79 bits per heavy atom. The molecule has 0 spiro atoms. The number of halogens is 3. The lowest BCUT2D eigenvalue weighted by molar-refractivity contribution is -0.0668. The molecule has 0 unspecified atom stereocenters. The van der Waals surface area contributed by atoms with E-state index in [1.54, 1.807) is 12.1 Å². The zero-order valence-electron chi connectivity index (χ0n) is 18.2. The summed E-state index contributed by atoms with van der Waals surface area (Å²) in [5, 5.41) is 2.87. The molecule has 0 atom stereocenters. The van der Waals surface area contributed by atoms with Crippen LogP contribution in [0.1, 0.15) is 36.8 Å². The zero-order valence-corrected chi connectivity index (χ0v) is 19.9. The Balaban J connectivity index is 1.43. The minimum absolute atomic E-state index is 0.0784. The highest BCUT2D eigenvalue weighted by Crippen LogP contribution is 2.39. The Bertz CT molecular complexity index is 984. The minimum atomic E-state index is -4.04. The summed E-state index contributed by atoms with van der Waals surface area (Å²) >= 11 is 1.25. The van der Waals surface area contributed by atoms with Crippen molar-refractivity contribution >= 4 is 19.4 Å². The first-order chi connectivity index (χ1) is 15.7. The van der Waals surface area contributed by atoms with E-state index in [-0.39, 0.29) is 40.8 Å². The number of hydrogen-bond donors (Lipinski definition) is 3. The molecule has 0 aromatic heterocycles. The van der Waals surface area contributed by atoms with Crippen LogP contribution in [0.4, 0.5) is 13.2 Å². The van der Waals surface area contributed by atoms with Crippen LogP contribution in [0.15, 0.2) is 41.3 Å². The number of thioether (sulfide) groups is 1. The lowest BCUT2D eigenvalue weighted by Gasteiger charge is -2.42. The van der Waals surface area contributed by atoms with Crippen LogP contribution in [0.2, 0.25) is 0 Å². The van der Waals surface area contributed by atoms with E-state index < -0.39 is 19.2 Å². The van der Waals surface area contributed by atoms with Crippen molar-refractivity contribution in [2.75, 3.05) is 31.7 Å². The van der Waals surface area contributed by atoms with Gasteiger partial charge in [0.05, 0.1) is 19.4 Å². The van der Waals surface area contributed by atoms with Gasteiger partial charge in [0.1, 0.15) is 17.5 Å². The van der Waals surface area contributed by atoms with Crippen LogP contribution in [0.5, 0.6) is 0 Å². The van der Waals surface area contributed by atoms with Gasteiger partial charge in [-0.15, -0.1) is 11.8 Å². The first-order valence-corrected chi connectivity index (χ1v) is 13.7. The summed E-state index contributed by atoms with van der Waals surface area (Å²) in [6.07, 6.45) is 2.38. The molecule has 0 bridgehead atoms. The van der Waals surface area contributed by atoms with E-state index in [1.807, 2.05) is 6.07 Å². The van der Waals surface area contributed by atoms with Crippen LogP contribution in [-0.2, 0) is 21.3 Å². The van der Waals surface area contributed by atoms with Gasteiger partial charge >= 0.3 is 7.60 Å². The van der Waals surface area contributed by atoms with E-state index >= 15 is 0 Å². The maximum absolute atomic E-state index is 14.4. The van der Waals surface area contributed by atoms with Crippen molar-refractivity contribution < 1.29 is 32.3 Å². The fraction of sp³-hybridized carbons (Fsp3) is 0.478. The van der Waals surface area contributed by atoms with E-state index in [0.717, 1.165) is 25.3 Å². The van der Waals surface area contributed by atoms with E-state index in [2.05, 4.69) is 5.32 Å². The largest absolute Gasteiger partial charge is 0.379 e. The molecular formula is C23H29F3NO4PS. The highest BCUT2D eigenvalue weighted by atomic mass is 32.2. The van der Waals surface area contributed by atoms with Gasteiger partial charge in [0.15, 0.2) is 0 Å². The summed E-state index contributed by atoms with van der Waals surface area (Å²) in [7, 11) is -4.04. The lowest BCUT2D eigenvalue weighted by Crippen LogP contribution is -2.47. The van der Waals surface area contributed by atoms with Crippen molar-refractivity contribution in [2.45, 2.75) is 42.5 Å². The van der Waals surface area contributed by atoms with Crippen molar-refractivity contribution in [3.05, 3.63) is 65.0 Å². The Kier molecular flexibility index (Phi) is 9.44. The quantitative estimate of drug-likeness (QED) is 0.203. The first kappa shape index (κ1) is 26.3. The number of unbranched alkanes of at least 4 members (excludes halogenated alkanes) is 1. The molecule has 0 radical (unpaired) electrons. The summed E-state index contributed by atoms with van der Waals surface area (Å²) < 4.78 is 59.1. The van der Waals surface area contributed by atoms with Crippen molar-refractivity contribution in [3.63, 3.8) is 0 Å². The van der Waals surface area contributed by atoms with Gasteiger partial charge in [-0.2, -0.15) is 0 Å². The molecule has 2 aromatic rings. The third-order valence-corrected chi connectivity index (χ3v) is 7.74. The summed E-state index contributed by atoms with van der Waals surface area (Å²) in [4.78, 5) is 17.9. The second-order valence-corrected chi connectivity index (χ2v) is 11.3. The van der Waals surface area contributed by atoms with Crippen LogP contribution in [0.25, 0.3) is 0 Å². The molecule has 0 amide bonds. The van der Waals surface area contributed by atoms with Gasteiger partial charge < -0.3 is 19.8 Å². The second-order valence-electron chi connectivity index (χ2n) is 8.35. The molecule has 5 nitrogen and oxygen atoms in total. The number of ether oxygens (including phenoxy) is 1. The summed E-state index contributed by atoms with van der Waals surface area (Å²) in [5.74, 6) is -0.621. The van der Waals surface area contributed by atoms with Gasteiger partial charge in [-0.3, -0.25) is 4.57 Å². The molecule has 2 aromatic carbocycles. The second kappa shape index (κ2) is 11.9. The molecule has 1 aliphatic heterocycles. The van der Waals surface area contributed by atoms with Crippen molar-refractivity contribution in [2.24, 2.45) is 0 Å². The molecule has 1 heterocycles. The fourth-order valence-corrected chi connectivity index (χ4v) is 5.39. The fourth-order valence-electron chi connectivity index (χ4n) is 3.87. The summed E-state index contributed by atoms with van der Waals surface area (Å²) in [5.41, 5.74) is 0.556. The van der Waals surface area contributed by atoms with E-state index in [9.17, 15) is 17.7 Å². The van der Waals surface area contributed by atoms with Gasteiger partial charge in [0.2, 0.25) is 0 Å². The van der Waals surface area contributed by atoms with Gasteiger partial charge in [-0.25, -0.2) is 13.2 Å². The molecule has 0 saturated carbocycles.